The van der Waals surface area contributed by atoms with Crippen LogP contribution in [0.15, 0.2) is 34.5 Å². The zero-order valence-electron chi connectivity index (χ0n) is 13.3. The maximum absolute atomic E-state index is 13.8. The molecule has 5 nitrogen and oxygen atoms in total. The highest BCUT2D eigenvalue weighted by Crippen LogP contribution is 2.19. The lowest BCUT2D eigenvalue weighted by Gasteiger charge is -2.36. The van der Waals surface area contributed by atoms with E-state index in [1.807, 2.05) is 21.9 Å². The van der Waals surface area contributed by atoms with Gasteiger partial charge in [0, 0.05) is 31.9 Å². The number of guanidine groups is 1. The molecule has 0 aromatic heterocycles. The first-order valence-electron chi connectivity index (χ1n) is 7.79. The van der Waals surface area contributed by atoms with E-state index in [1.165, 1.54) is 6.07 Å². The van der Waals surface area contributed by atoms with Gasteiger partial charge in [-0.05, 0) is 25.0 Å². The molecule has 0 spiro atoms. The van der Waals surface area contributed by atoms with Crippen LogP contribution in [0.5, 0.6) is 0 Å². The molecule has 1 aromatic carbocycles. The monoisotopic (exact) mass is 305 g/mol. The first-order valence-corrected chi connectivity index (χ1v) is 7.79. The number of piperazine rings is 1. The van der Waals surface area contributed by atoms with Gasteiger partial charge in [0.1, 0.15) is 5.82 Å². The number of hydrogen-bond acceptors (Lipinski definition) is 3. The predicted molar refractivity (Wildman–Crippen MR) is 89.8 cm³/mol. The number of anilines is 1. The van der Waals surface area contributed by atoms with Crippen molar-refractivity contribution in [2.75, 3.05) is 31.1 Å². The van der Waals surface area contributed by atoms with E-state index in [1.54, 1.807) is 6.07 Å². The highest BCUT2D eigenvalue weighted by Gasteiger charge is 2.20. The Morgan fingerprint density at radius 3 is 2.32 bits per heavy atom. The summed E-state index contributed by atoms with van der Waals surface area (Å²) >= 11 is 0. The summed E-state index contributed by atoms with van der Waals surface area (Å²) < 4.78 is 13.8. The maximum atomic E-state index is 13.8. The molecule has 0 radical (unpaired) electrons. The van der Waals surface area contributed by atoms with Crippen molar-refractivity contribution < 1.29 is 4.39 Å². The molecule has 22 heavy (non-hydrogen) atoms. The molecule has 1 fully saturated rings. The molecule has 2 rings (SSSR count). The summed E-state index contributed by atoms with van der Waals surface area (Å²) in [7, 11) is 0. The molecule has 0 amide bonds. The summed E-state index contributed by atoms with van der Waals surface area (Å²) in [5.41, 5.74) is 7.68. The topological polar surface area (TPSA) is 57.2 Å². The first-order chi connectivity index (χ1) is 10.7. The first kappa shape index (κ1) is 16.3. The summed E-state index contributed by atoms with van der Waals surface area (Å²) in [5.74, 6) is 0.255. The molecule has 0 unspecified atom stereocenters. The Kier molecular flexibility index (Phi) is 5.75. The Morgan fingerprint density at radius 1 is 1.09 bits per heavy atom. The molecule has 0 bridgehead atoms. The third-order valence-electron chi connectivity index (χ3n) is 3.91. The fraction of sp³-hybridized carbons (Fsp3) is 0.500. The van der Waals surface area contributed by atoms with Crippen LogP contribution >= 0.6 is 0 Å². The minimum absolute atomic E-state index is 0.183. The van der Waals surface area contributed by atoms with Crippen LogP contribution in [0.25, 0.3) is 0 Å². The van der Waals surface area contributed by atoms with E-state index in [2.05, 4.69) is 24.1 Å². The molecular formula is C16H24FN5. The Bertz CT molecular complexity index is 541. The lowest BCUT2D eigenvalue weighted by Crippen LogP contribution is -2.51. The van der Waals surface area contributed by atoms with Crippen LogP contribution in [0.4, 0.5) is 10.1 Å². The molecule has 1 aromatic rings. The van der Waals surface area contributed by atoms with E-state index >= 15 is 0 Å². The minimum atomic E-state index is -0.183. The van der Waals surface area contributed by atoms with Gasteiger partial charge < -0.3 is 15.5 Å². The fourth-order valence-corrected chi connectivity index (χ4v) is 2.46. The summed E-state index contributed by atoms with van der Waals surface area (Å²) in [6.45, 7) is 6.98. The number of benzene rings is 1. The van der Waals surface area contributed by atoms with Gasteiger partial charge in [0.15, 0.2) is 0 Å². The second-order valence-electron chi connectivity index (χ2n) is 5.26. The fourth-order valence-electron chi connectivity index (χ4n) is 2.46. The normalized spacial score (nSPS) is 15.9. The largest absolute Gasteiger partial charge is 0.368 e. The molecule has 6 heteroatoms. The van der Waals surface area contributed by atoms with Gasteiger partial charge in [-0.1, -0.05) is 26.0 Å². The van der Waals surface area contributed by atoms with E-state index in [-0.39, 0.29) is 5.82 Å². The Morgan fingerprint density at radius 2 is 1.73 bits per heavy atom. The molecule has 1 aliphatic rings. The molecule has 0 saturated carbocycles. The van der Waals surface area contributed by atoms with Crippen LogP contribution in [-0.4, -0.2) is 42.8 Å². The van der Waals surface area contributed by atoms with Crippen molar-refractivity contribution in [2.24, 2.45) is 15.9 Å². The van der Waals surface area contributed by atoms with E-state index in [0.717, 1.165) is 31.6 Å². The SMILES string of the molecule is CCC(CC)=N/N=C(\N)N1CCN(c2ccccc2F)CC1. The average Bonchev–Trinajstić information content (AvgIpc) is 2.56. The molecule has 0 atom stereocenters. The second-order valence-corrected chi connectivity index (χ2v) is 5.26. The molecule has 0 aliphatic carbocycles. The molecule has 1 heterocycles. The van der Waals surface area contributed by atoms with Crippen LogP contribution in [0.3, 0.4) is 0 Å². The van der Waals surface area contributed by atoms with Crippen molar-refractivity contribution in [3.8, 4) is 0 Å². The van der Waals surface area contributed by atoms with Crippen LogP contribution in [0.2, 0.25) is 0 Å². The van der Waals surface area contributed by atoms with Crippen molar-refractivity contribution in [1.29, 1.82) is 0 Å². The van der Waals surface area contributed by atoms with E-state index in [0.29, 0.717) is 24.7 Å². The molecular weight excluding hydrogens is 281 g/mol. The molecule has 2 N–H and O–H groups in total. The van der Waals surface area contributed by atoms with Crippen molar-refractivity contribution in [1.82, 2.24) is 4.90 Å². The van der Waals surface area contributed by atoms with Crippen LogP contribution in [0, 0.1) is 5.82 Å². The third kappa shape index (κ3) is 3.96. The van der Waals surface area contributed by atoms with Gasteiger partial charge in [-0.3, -0.25) is 0 Å². The van der Waals surface area contributed by atoms with Gasteiger partial charge in [0.25, 0.3) is 0 Å². The third-order valence-corrected chi connectivity index (χ3v) is 3.91. The van der Waals surface area contributed by atoms with Crippen LogP contribution in [-0.2, 0) is 0 Å². The highest BCUT2D eigenvalue weighted by atomic mass is 19.1. The lowest BCUT2D eigenvalue weighted by molar-refractivity contribution is 0.379. The van der Waals surface area contributed by atoms with E-state index < -0.39 is 0 Å². The van der Waals surface area contributed by atoms with Crippen molar-refractivity contribution in [2.45, 2.75) is 26.7 Å². The van der Waals surface area contributed by atoms with E-state index in [4.69, 9.17) is 5.73 Å². The number of para-hydroxylation sites is 1. The smallest absolute Gasteiger partial charge is 0.216 e. The highest BCUT2D eigenvalue weighted by molar-refractivity contribution is 5.85. The van der Waals surface area contributed by atoms with Gasteiger partial charge in [0.2, 0.25) is 5.96 Å². The number of nitrogens with zero attached hydrogens (tertiary/aromatic N) is 4. The van der Waals surface area contributed by atoms with Crippen LogP contribution < -0.4 is 10.6 Å². The number of halogens is 1. The van der Waals surface area contributed by atoms with Gasteiger partial charge in [0.05, 0.1) is 5.69 Å². The van der Waals surface area contributed by atoms with Crippen molar-refractivity contribution >= 4 is 17.4 Å². The summed E-state index contributed by atoms with van der Waals surface area (Å²) in [6, 6.07) is 6.86. The quantitative estimate of drug-likeness (QED) is 0.528. The molecule has 1 aliphatic heterocycles. The number of rotatable bonds is 4. The Balaban J connectivity index is 1.96. The minimum Gasteiger partial charge on any atom is -0.368 e. The van der Waals surface area contributed by atoms with Gasteiger partial charge in [-0.2, -0.15) is 5.10 Å². The number of hydrogen-bond donors (Lipinski definition) is 1. The van der Waals surface area contributed by atoms with Crippen molar-refractivity contribution in [3.63, 3.8) is 0 Å². The summed E-state index contributed by atoms with van der Waals surface area (Å²) in [6.07, 6.45) is 1.77. The molecule has 120 valence electrons. The summed E-state index contributed by atoms with van der Waals surface area (Å²) in [4.78, 5) is 4.02. The predicted octanol–water partition coefficient (Wildman–Crippen LogP) is 2.44. The van der Waals surface area contributed by atoms with Gasteiger partial charge in [-0.15, -0.1) is 5.10 Å². The molecule has 1 saturated heterocycles. The standard InChI is InChI=1S/C16H24FN5/c1-3-13(4-2)19-20-16(18)22-11-9-21(10-12-22)15-8-6-5-7-14(15)17/h5-8H,3-4,9-12H2,1-2H3,(H2,18,20). The lowest BCUT2D eigenvalue weighted by atomic mass is 10.2. The van der Waals surface area contributed by atoms with E-state index in [9.17, 15) is 4.39 Å². The van der Waals surface area contributed by atoms with Crippen molar-refractivity contribution in [3.05, 3.63) is 30.1 Å². The zero-order chi connectivity index (χ0) is 15.9. The maximum Gasteiger partial charge on any atom is 0.216 e. The number of nitrogens with two attached hydrogens (primary N) is 1. The Labute approximate surface area is 131 Å². The second kappa shape index (κ2) is 7.77. The Hall–Kier alpha value is -2.11. The zero-order valence-corrected chi connectivity index (χ0v) is 13.3. The average molecular weight is 305 g/mol. The summed E-state index contributed by atoms with van der Waals surface area (Å²) in [5, 5.41) is 8.31. The van der Waals surface area contributed by atoms with Gasteiger partial charge in [-0.25, -0.2) is 4.39 Å². The van der Waals surface area contributed by atoms with Crippen LogP contribution in [0.1, 0.15) is 26.7 Å². The van der Waals surface area contributed by atoms with Gasteiger partial charge >= 0.3 is 0 Å².